The number of phosphoric ester groups is 1. The van der Waals surface area contributed by atoms with E-state index in [0.29, 0.717) is 43.1 Å². The normalized spacial score (nSPS) is 19.0. The lowest BCUT2D eigenvalue weighted by Gasteiger charge is -2.24. The van der Waals surface area contributed by atoms with Crippen LogP contribution in [-0.2, 0) is 37.5 Å². The van der Waals surface area contributed by atoms with E-state index in [4.69, 9.17) is 18.5 Å². The molecule has 0 aliphatic heterocycles. The Morgan fingerprint density at radius 1 is 0.730 bits per heavy atom. The van der Waals surface area contributed by atoms with Crippen LogP contribution >= 0.6 is 7.82 Å². The zero-order valence-corrected chi connectivity index (χ0v) is 41.2. The Kier molecular flexibility index (Phi) is 34.5. The van der Waals surface area contributed by atoms with E-state index in [0.717, 1.165) is 38.5 Å². The summed E-state index contributed by atoms with van der Waals surface area (Å²) in [6.07, 6.45) is 35.5. The number of aliphatic hydroxyl groups excluding tert-OH is 2. The minimum atomic E-state index is -4.45. The number of allylic oxidation sites excluding steroid dienone is 4. The first-order valence-corrected chi connectivity index (χ1v) is 26.3. The van der Waals surface area contributed by atoms with Crippen LogP contribution in [0.25, 0.3) is 0 Å². The van der Waals surface area contributed by atoms with Crippen molar-refractivity contribution in [3.8, 4) is 0 Å². The number of Topliss-reactive ketones (excluding diaryl/α,β-unsaturated/α-hetero) is 1. The Labute approximate surface area is 382 Å². The van der Waals surface area contributed by atoms with Gasteiger partial charge in [-0.3, -0.25) is 23.4 Å². The van der Waals surface area contributed by atoms with Gasteiger partial charge in [0, 0.05) is 31.1 Å². The number of rotatable bonds is 41. The summed E-state index contributed by atoms with van der Waals surface area (Å²) >= 11 is 0. The highest BCUT2D eigenvalue weighted by molar-refractivity contribution is 7.47. The van der Waals surface area contributed by atoms with Crippen molar-refractivity contribution in [2.24, 2.45) is 11.8 Å². The molecule has 63 heavy (non-hydrogen) atoms. The molecule has 1 aliphatic rings. The van der Waals surface area contributed by atoms with E-state index in [1.165, 1.54) is 83.5 Å². The first-order valence-electron chi connectivity index (χ1n) is 24.8. The third-order valence-electron chi connectivity index (χ3n) is 11.5. The molecule has 3 N–H and O–H groups in total. The molecule has 0 aromatic heterocycles. The number of esters is 2. The third-order valence-corrected chi connectivity index (χ3v) is 12.5. The second-order valence-electron chi connectivity index (χ2n) is 18.6. The van der Waals surface area contributed by atoms with Crippen LogP contribution in [0.15, 0.2) is 36.5 Å². The number of ether oxygens (including phenoxy) is 2. The van der Waals surface area contributed by atoms with Crippen LogP contribution in [0.2, 0.25) is 0 Å². The van der Waals surface area contributed by atoms with Crippen molar-refractivity contribution < 1.29 is 57.1 Å². The van der Waals surface area contributed by atoms with Gasteiger partial charge in [0.05, 0.1) is 40.0 Å². The van der Waals surface area contributed by atoms with E-state index in [1.54, 1.807) is 12.2 Å². The van der Waals surface area contributed by atoms with E-state index in [2.05, 4.69) is 26.0 Å². The highest BCUT2D eigenvalue weighted by Crippen LogP contribution is 2.43. The second-order valence-corrected chi connectivity index (χ2v) is 20.1. The van der Waals surface area contributed by atoms with Gasteiger partial charge in [-0.1, -0.05) is 147 Å². The van der Waals surface area contributed by atoms with Crippen molar-refractivity contribution in [2.45, 2.75) is 206 Å². The van der Waals surface area contributed by atoms with Crippen LogP contribution in [-0.4, -0.2) is 103 Å². The summed E-state index contributed by atoms with van der Waals surface area (Å²) in [7, 11) is 1.33. The quantitative estimate of drug-likeness (QED) is 0.0176. The predicted molar refractivity (Wildman–Crippen MR) is 253 cm³/mol. The fourth-order valence-corrected chi connectivity index (χ4v) is 8.26. The van der Waals surface area contributed by atoms with Gasteiger partial charge in [0.1, 0.15) is 25.5 Å². The van der Waals surface area contributed by atoms with E-state index in [-0.39, 0.29) is 50.1 Å². The molecular formula is C50H91NO11P+. The van der Waals surface area contributed by atoms with Crippen LogP contribution in [0.1, 0.15) is 187 Å². The first kappa shape index (κ1) is 58.8. The third kappa shape index (κ3) is 33.9. The fourth-order valence-electron chi connectivity index (χ4n) is 7.52. The number of hydrogen-bond acceptors (Lipinski definition) is 10. The van der Waals surface area contributed by atoms with Crippen LogP contribution in [0, 0.1) is 11.8 Å². The maximum Gasteiger partial charge on any atom is 0.472 e. The molecule has 13 heteroatoms. The van der Waals surface area contributed by atoms with E-state index >= 15 is 0 Å². The molecule has 1 aliphatic carbocycles. The van der Waals surface area contributed by atoms with Crippen LogP contribution < -0.4 is 0 Å². The highest BCUT2D eigenvalue weighted by atomic mass is 31.2. The van der Waals surface area contributed by atoms with Gasteiger partial charge in [-0.05, 0) is 57.8 Å². The van der Waals surface area contributed by atoms with E-state index in [9.17, 15) is 34.1 Å². The molecule has 0 aromatic rings. The molecule has 0 bridgehead atoms. The van der Waals surface area contributed by atoms with Crippen molar-refractivity contribution >= 4 is 25.5 Å². The van der Waals surface area contributed by atoms with Gasteiger partial charge in [0.15, 0.2) is 6.10 Å². The summed E-state index contributed by atoms with van der Waals surface area (Å²) in [6, 6.07) is 0. The molecule has 1 saturated carbocycles. The monoisotopic (exact) mass is 913 g/mol. The number of aliphatic hydroxyl groups is 2. The number of quaternary nitrogens is 1. The molecule has 0 spiro atoms. The van der Waals surface area contributed by atoms with E-state index in [1.807, 2.05) is 33.3 Å². The zero-order valence-electron chi connectivity index (χ0n) is 40.3. The summed E-state index contributed by atoms with van der Waals surface area (Å²) in [5, 5.41) is 20.7. The lowest BCUT2D eigenvalue weighted by atomic mass is 9.90. The maximum atomic E-state index is 12.8. The summed E-state index contributed by atoms with van der Waals surface area (Å²) in [5.41, 5.74) is 0. The summed E-state index contributed by atoms with van der Waals surface area (Å²) in [6.45, 7) is 4.02. The zero-order chi connectivity index (χ0) is 46.6. The Balaban J connectivity index is 2.43. The number of likely N-dealkylation sites (N-methyl/N-ethyl adjacent to an activating group) is 1. The van der Waals surface area contributed by atoms with Crippen LogP contribution in [0.3, 0.4) is 0 Å². The number of carbonyl (C=O) groups excluding carboxylic acids is 3. The predicted octanol–water partition coefficient (Wildman–Crippen LogP) is 11.1. The highest BCUT2D eigenvalue weighted by Gasteiger charge is 2.39. The van der Waals surface area contributed by atoms with Gasteiger partial charge in [-0.2, -0.15) is 0 Å². The van der Waals surface area contributed by atoms with Crippen molar-refractivity contribution in [1.82, 2.24) is 0 Å². The van der Waals surface area contributed by atoms with Crippen LogP contribution in [0.4, 0.5) is 0 Å². The van der Waals surface area contributed by atoms with Gasteiger partial charge in [-0.25, -0.2) is 4.57 Å². The molecule has 0 radical (unpaired) electrons. The average Bonchev–Trinajstić information content (AvgIpc) is 3.50. The van der Waals surface area contributed by atoms with Crippen molar-refractivity contribution in [1.29, 1.82) is 0 Å². The number of ketones is 1. The fraction of sp³-hybridized carbons (Fsp3) is 0.820. The molecule has 12 nitrogen and oxygen atoms in total. The molecule has 6 atom stereocenters. The summed E-state index contributed by atoms with van der Waals surface area (Å²) in [4.78, 5) is 48.3. The Bertz CT molecular complexity index is 1330. The molecule has 0 amide bonds. The smallest absolute Gasteiger partial charge is 0.462 e. The molecule has 0 heterocycles. The Morgan fingerprint density at radius 2 is 1.27 bits per heavy atom. The molecule has 0 aromatic carbocycles. The van der Waals surface area contributed by atoms with E-state index < -0.39 is 44.7 Å². The lowest BCUT2D eigenvalue weighted by molar-refractivity contribution is -0.870. The minimum absolute atomic E-state index is 0.00222. The lowest BCUT2D eigenvalue weighted by Crippen LogP contribution is -2.37. The van der Waals surface area contributed by atoms with Gasteiger partial charge >= 0.3 is 19.8 Å². The SMILES string of the molecule is CCCCCCCC/C=C\CCCCCCCCCCCC(=O)O[C@H](COC(=O)CCC/C=C\C[C@H]1C(=O)C[C@@H](O)[C@@H]1/C=C/[C@@H](O)CCCCC)COP(=O)(O)OCC[N+](C)(C)C. The van der Waals surface area contributed by atoms with Gasteiger partial charge in [0.2, 0.25) is 0 Å². The second kappa shape index (κ2) is 37.0. The summed E-state index contributed by atoms with van der Waals surface area (Å²) < 4.78 is 34.3. The van der Waals surface area contributed by atoms with Crippen molar-refractivity contribution in [3.05, 3.63) is 36.5 Å². The largest absolute Gasteiger partial charge is 0.472 e. The van der Waals surface area contributed by atoms with Gasteiger partial charge < -0.3 is 29.1 Å². The summed E-state index contributed by atoms with van der Waals surface area (Å²) in [5.74, 6) is -1.70. The number of unbranched alkanes of at least 4 members (excludes halogenated alkanes) is 18. The van der Waals surface area contributed by atoms with Gasteiger partial charge in [-0.15, -0.1) is 0 Å². The number of hydrogen-bond donors (Lipinski definition) is 3. The number of carbonyl (C=O) groups is 3. The van der Waals surface area contributed by atoms with Gasteiger partial charge in [0.25, 0.3) is 0 Å². The molecule has 1 fully saturated rings. The van der Waals surface area contributed by atoms with Crippen LogP contribution in [0.5, 0.6) is 0 Å². The minimum Gasteiger partial charge on any atom is -0.462 e. The van der Waals surface area contributed by atoms with Crippen molar-refractivity contribution in [3.63, 3.8) is 0 Å². The maximum absolute atomic E-state index is 12.8. The molecule has 1 rings (SSSR count). The number of phosphoric acid groups is 1. The Morgan fingerprint density at radius 3 is 1.89 bits per heavy atom. The Hall–Kier alpha value is -2.18. The molecule has 0 saturated heterocycles. The topological polar surface area (TPSA) is 166 Å². The first-order chi connectivity index (χ1) is 30.2. The van der Waals surface area contributed by atoms with Crippen molar-refractivity contribution in [2.75, 3.05) is 47.5 Å². The molecule has 1 unspecified atom stereocenters. The average molecular weight is 913 g/mol. The standard InChI is InChI=1S/C50H90NO11P/c1-6-8-10-11-12-13-14-15-16-17-18-19-20-21-22-23-24-25-31-35-50(56)62-44(42-61-63(57,58)60-39-38-51(3,4)5)41-59-49(55)34-30-27-26-29-33-45-46(48(54)40-47(45)53)37-36-43(52)32-28-9-7-2/h15-16,26,29,36-37,43-46,48,52,54H,6-14,17-25,27-28,30-35,38-42H2,1-5H3/p+1/b16-15-,29-26-,37-36+/t43-,44+,45+,46+,48+/m0/s1. The number of nitrogens with zero attached hydrogens (tertiary/aromatic N) is 1. The molecule has 366 valence electrons. The molecular weight excluding hydrogens is 822 g/mol.